The summed E-state index contributed by atoms with van der Waals surface area (Å²) in [6.07, 6.45) is 1.99. The van der Waals surface area contributed by atoms with Gasteiger partial charge in [0.05, 0.1) is 0 Å². The van der Waals surface area contributed by atoms with Gasteiger partial charge in [0, 0.05) is 21.8 Å². The maximum atomic E-state index is 12.9. The standard InChI is InChI=1S/C22H18BrN3O/c1-14-7-12-19-24-20(18-6-4-3-5-15(18)2)21(26(19)13-14)25-22(27)16-8-10-17(23)11-9-16/h3-13H,1-2H3,(H,25,27). The minimum atomic E-state index is -0.166. The first-order valence-corrected chi connectivity index (χ1v) is 9.44. The lowest BCUT2D eigenvalue weighted by molar-refractivity contribution is 0.102. The number of fused-ring (bicyclic) bond motifs is 1. The van der Waals surface area contributed by atoms with Crippen molar-refractivity contribution in [1.29, 1.82) is 0 Å². The largest absolute Gasteiger partial charge is 0.306 e. The number of anilines is 1. The predicted molar refractivity (Wildman–Crippen MR) is 112 cm³/mol. The highest BCUT2D eigenvalue weighted by molar-refractivity contribution is 9.10. The molecule has 0 fully saturated rings. The van der Waals surface area contributed by atoms with Gasteiger partial charge in [0.1, 0.15) is 17.2 Å². The van der Waals surface area contributed by atoms with Crippen molar-refractivity contribution < 1.29 is 4.79 Å². The fourth-order valence-electron chi connectivity index (χ4n) is 3.08. The lowest BCUT2D eigenvalue weighted by Crippen LogP contribution is -2.14. The Bertz CT molecular complexity index is 1150. The Morgan fingerprint density at radius 3 is 2.48 bits per heavy atom. The number of amides is 1. The van der Waals surface area contributed by atoms with E-state index >= 15 is 0 Å². The minimum Gasteiger partial charge on any atom is -0.306 e. The molecule has 0 saturated carbocycles. The highest BCUT2D eigenvalue weighted by Crippen LogP contribution is 2.31. The van der Waals surface area contributed by atoms with E-state index in [0.29, 0.717) is 11.4 Å². The fourth-order valence-corrected chi connectivity index (χ4v) is 3.34. The van der Waals surface area contributed by atoms with Gasteiger partial charge in [-0.2, -0.15) is 0 Å². The van der Waals surface area contributed by atoms with Crippen LogP contribution < -0.4 is 5.32 Å². The van der Waals surface area contributed by atoms with E-state index in [1.165, 1.54) is 0 Å². The van der Waals surface area contributed by atoms with Crippen molar-refractivity contribution in [3.63, 3.8) is 0 Å². The first kappa shape index (κ1) is 17.5. The Hall–Kier alpha value is -2.92. The first-order chi connectivity index (χ1) is 13.0. The van der Waals surface area contributed by atoms with Crippen molar-refractivity contribution in [3.8, 4) is 11.3 Å². The molecule has 2 aromatic carbocycles. The molecule has 0 spiro atoms. The van der Waals surface area contributed by atoms with E-state index in [1.807, 2.05) is 73.0 Å². The molecule has 0 bridgehead atoms. The first-order valence-electron chi connectivity index (χ1n) is 8.64. The minimum absolute atomic E-state index is 0.166. The van der Waals surface area contributed by atoms with Crippen LogP contribution in [0.25, 0.3) is 16.9 Å². The molecular formula is C22H18BrN3O. The second kappa shape index (κ2) is 7.00. The van der Waals surface area contributed by atoms with Gasteiger partial charge in [-0.1, -0.05) is 46.3 Å². The number of carbonyl (C=O) groups excluding carboxylic acids is 1. The van der Waals surface area contributed by atoms with Gasteiger partial charge in [0.2, 0.25) is 0 Å². The number of halogens is 1. The summed E-state index contributed by atoms with van der Waals surface area (Å²) in [6.45, 7) is 4.07. The van der Waals surface area contributed by atoms with Gasteiger partial charge in [0.25, 0.3) is 5.91 Å². The van der Waals surface area contributed by atoms with Crippen LogP contribution >= 0.6 is 15.9 Å². The summed E-state index contributed by atoms with van der Waals surface area (Å²) in [7, 11) is 0. The molecular weight excluding hydrogens is 402 g/mol. The van der Waals surface area contributed by atoms with Crippen LogP contribution in [0.4, 0.5) is 5.82 Å². The summed E-state index contributed by atoms with van der Waals surface area (Å²) >= 11 is 3.40. The number of nitrogens with one attached hydrogen (secondary N) is 1. The number of hydrogen-bond donors (Lipinski definition) is 1. The highest BCUT2D eigenvalue weighted by Gasteiger charge is 2.18. The van der Waals surface area contributed by atoms with Crippen molar-refractivity contribution in [1.82, 2.24) is 9.38 Å². The molecule has 134 valence electrons. The summed E-state index contributed by atoms with van der Waals surface area (Å²) in [5.74, 6) is 0.511. The van der Waals surface area contributed by atoms with Gasteiger partial charge in [-0.25, -0.2) is 4.98 Å². The SMILES string of the molecule is Cc1ccc2nc(-c3ccccc3C)c(NC(=O)c3ccc(Br)cc3)n2c1. The van der Waals surface area contributed by atoms with E-state index in [9.17, 15) is 4.79 Å². The summed E-state index contributed by atoms with van der Waals surface area (Å²) in [5.41, 5.74) is 5.36. The van der Waals surface area contributed by atoms with E-state index in [2.05, 4.69) is 21.2 Å². The second-order valence-electron chi connectivity index (χ2n) is 6.52. The molecule has 2 heterocycles. The third-order valence-corrected chi connectivity index (χ3v) is 5.03. The molecule has 0 aliphatic carbocycles. The van der Waals surface area contributed by atoms with E-state index in [1.54, 1.807) is 12.1 Å². The molecule has 4 aromatic rings. The van der Waals surface area contributed by atoms with Crippen LogP contribution in [0, 0.1) is 13.8 Å². The van der Waals surface area contributed by atoms with Crippen LogP contribution in [0.15, 0.2) is 71.3 Å². The van der Waals surface area contributed by atoms with E-state index in [0.717, 1.165) is 32.5 Å². The molecule has 1 amide bonds. The normalized spacial score (nSPS) is 10.9. The molecule has 0 radical (unpaired) electrons. The number of rotatable bonds is 3. The maximum absolute atomic E-state index is 12.9. The molecule has 0 unspecified atom stereocenters. The zero-order chi connectivity index (χ0) is 19.0. The molecule has 4 nitrogen and oxygen atoms in total. The number of pyridine rings is 1. The third kappa shape index (κ3) is 3.38. The van der Waals surface area contributed by atoms with Crippen molar-refractivity contribution >= 4 is 33.3 Å². The van der Waals surface area contributed by atoms with Gasteiger partial charge < -0.3 is 5.32 Å². The molecule has 1 N–H and O–H groups in total. The molecule has 0 aliphatic heterocycles. The molecule has 0 saturated heterocycles. The average molecular weight is 420 g/mol. The molecule has 5 heteroatoms. The quantitative estimate of drug-likeness (QED) is 0.467. The smallest absolute Gasteiger partial charge is 0.256 e. The number of aromatic nitrogens is 2. The van der Waals surface area contributed by atoms with Crippen molar-refractivity contribution in [2.45, 2.75) is 13.8 Å². The van der Waals surface area contributed by atoms with E-state index in [-0.39, 0.29) is 5.91 Å². The van der Waals surface area contributed by atoms with Gasteiger partial charge >= 0.3 is 0 Å². The monoisotopic (exact) mass is 419 g/mol. The zero-order valence-electron chi connectivity index (χ0n) is 15.0. The summed E-state index contributed by atoms with van der Waals surface area (Å²) in [6, 6.07) is 19.3. The lowest BCUT2D eigenvalue weighted by atomic mass is 10.1. The Morgan fingerprint density at radius 1 is 1.00 bits per heavy atom. The van der Waals surface area contributed by atoms with Crippen LogP contribution in [0.2, 0.25) is 0 Å². The summed E-state index contributed by atoms with van der Waals surface area (Å²) in [5, 5.41) is 3.07. The van der Waals surface area contributed by atoms with Gasteiger partial charge in [-0.05, 0) is 55.3 Å². The Balaban J connectivity index is 1.86. The van der Waals surface area contributed by atoms with Crippen molar-refractivity contribution in [3.05, 3.63) is 88.0 Å². The predicted octanol–water partition coefficient (Wildman–Crippen LogP) is 5.63. The molecule has 0 atom stereocenters. The maximum Gasteiger partial charge on any atom is 0.256 e. The topological polar surface area (TPSA) is 46.4 Å². The molecule has 2 aromatic heterocycles. The Morgan fingerprint density at radius 2 is 1.74 bits per heavy atom. The van der Waals surface area contributed by atoms with Crippen LogP contribution in [-0.4, -0.2) is 15.3 Å². The van der Waals surface area contributed by atoms with Crippen molar-refractivity contribution in [2.75, 3.05) is 5.32 Å². The second-order valence-corrected chi connectivity index (χ2v) is 7.44. The van der Waals surface area contributed by atoms with E-state index in [4.69, 9.17) is 4.98 Å². The number of benzene rings is 2. The van der Waals surface area contributed by atoms with Crippen LogP contribution in [-0.2, 0) is 0 Å². The average Bonchev–Trinajstić information content (AvgIpc) is 3.00. The highest BCUT2D eigenvalue weighted by atomic mass is 79.9. The lowest BCUT2D eigenvalue weighted by Gasteiger charge is -2.10. The van der Waals surface area contributed by atoms with Crippen LogP contribution in [0.1, 0.15) is 21.5 Å². The van der Waals surface area contributed by atoms with Crippen LogP contribution in [0.3, 0.4) is 0 Å². The van der Waals surface area contributed by atoms with Gasteiger partial charge in [0.15, 0.2) is 0 Å². The number of nitrogens with zero attached hydrogens (tertiary/aromatic N) is 2. The molecule has 4 rings (SSSR count). The number of aryl methyl sites for hydroxylation is 2. The fraction of sp³-hybridized carbons (Fsp3) is 0.0909. The number of hydrogen-bond acceptors (Lipinski definition) is 2. The van der Waals surface area contributed by atoms with Gasteiger partial charge in [-0.3, -0.25) is 9.20 Å². The molecule has 27 heavy (non-hydrogen) atoms. The number of carbonyl (C=O) groups is 1. The van der Waals surface area contributed by atoms with Crippen LogP contribution in [0.5, 0.6) is 0 Å². The summed E-state index contributed by atoms with van der Waals surface area (Å²) in [4.78, 5) is 17.6. The Kier molecular flexibility index (Phi) is 4.54. The van der Waals surface area contributed by atoms with E-state index < -0.39 is 0 Å². The van der Waals surface area contributed by atoms with Gasteiger partial charge in [-0.15, -0.1) is 0 Å². The summed E-state index contributed by atoms with van der Waals surface area (Å²) < 4.78 is 2.87. The van der Waals surface area contributed by atoms with Crippen molar-refractivity contribution in [2.24, 2.45) is 0 Å². The molecule has 0 aliphatic rings. The Labute approximate surface area is 166 Å². The third-order valence-electron chi connectivity index (χ3n) is 4.50. The zero-order valence-corrected chi connectivity index (χ0v) is 16.6. The number of imidazole rings is 1.